The number of carbonyl (C=O) groups is 1. The average molecular weight is 265 g/mol. The number of fused-ring (bicyclic) bond motifs is 2. The summed E-state index contributed by atoms with van der Waals surface area (Å²) in [6.45, 7) is 6.69. The summed E-state index contributed by atoms with van der Waals surface area (Å²) in [7, 11) is 0. The molecule has 2 bridgehead atoms. The standard InChI is InChI=1S/C15H23NOS/c1-9(2)13-14(17)16-12(18-13)7-11-6-10-4-5-15(11,3)8-10/h9-11,13H,4-8H2,1-3H3/t10-,11+,13?,15-/m1/s1. The summed E-state index contributed by atoms with van der Waals surface area (Å²) < 4.78 is 0. The number of hydrogen-bond acceptors (Lipinski definition) is 2. The number of thioether (sulfide) groups is 1. The minimum absolute atomic E-state index is 0.0893. The Morgan fingerprint density at radius 2 is 2.28 bits per heavy atom. The van der Waals surface area contributed by atoms with Gasteiger partial charge in [-0.05, 0) is 55.3 Å². The fourth-order valence-corrected chi connectivity index (χ4v) is 5.28. The lowest BCUT2D eigenvalue weighted by atomic mass is 9.75. The van der Waals surface area contributed by atoms with Crippen molar-refractivity contribution < 1.29 is 4.79 Å². The maximum atomic E-state index is 11.8. The molecule has 0 saturated heterocycles. The number of hydrogen-bond donors (Lipinski definition) is 0. The molecule has 0 aromatic heterocycles. The molecule has 4 atom stereocenters. The summed E-state index contributed by atoms with van der Waals surface area (Å²) in [4.78, 5) is 16.1. The Bertz CT molecular complexity index is 403. The van der Waals surface area contributed by atoms with E-state index in [1.807, 2.05) is 0 Å². The largest absolute Gasteiger partial charge is 0.271 e. The summed E-state index contributed by atoms with van der Waals surface area (Å²) in [5.74, 6) is 2.25. The van der Waals surface area contributed by atoms with Gasteiger partial charge >= 0.3 is 0 Å². The van der Waals surface area contributed by atoms with Gasteiger partial charge in [0.1, 0.15) is 0 Å². The van der Waals surface area contributed by atoms with Crippen LogP contribution in [-0.4, -0.2) is 16.2 Å². The maximum absolute atomic E-state index is 11.8. The van der Waals surface area contributed by atoms with Gasteiger partial charge in [-0.3, -0.25) is 4.79 Å². The van der Waals surface area contributed by atoms with E-state index in [0.717, 1.165) is 23.3 Å². The highest BCUT2D eigenvalue weighted by atomic mass is 32.2. The molecule has 2 saturated carbocycles. The molecule has 1 unspecified atom stereocenters. The van der Waals surface area contributed by atoms with E-state index in [0.29, 0.717) is 11.3 Å². The van der Waals surface area contributed by atoms with E-state index in [9.17, 15) is 4.79 Å². The Labute approximate surface area is 114 Å². The molecule has 1 amide bonds. The van der Waals surface area contributed by atoms with Crippen LogP contribution in [0.15, 0.2) is 4.99 Å². The van der Waals surface area contributed by atoms with Crippen LogP contribution in [0, 0.1) is 23.2 Å². The second kappa shape index (κ2) is 4.36. The highest BCUT2D eigenvalue weighted by Gasteiger charge is 2.49. The molecular formula is C15H23NOS. The van der Waals surface area contributed by atoms with Gasteiger partial charge < -0.3 is 0 Å². The van der Waals surface area contributed by atoms with E-state index < -0.39 is 0 Å². The fourth-order valence-electron chi connectivity index (χ4n) is 4.12. The lowest BCUT2D eigenvalue weighted by molar-refractivity contribution is -0.117. The summed E-state index contributed by atoms with van der Waals surface area (Å²) >= 11 is 1.74. The summed E-state index contributed by atoms with van der Waals surface area (Å²) in [5, 5.41) is 1.21. The lowest BCUT2D eigenvalue weighted by Crippen LogP contribution is -2.23. The van der Waals surface area contributed by atoms with Crippen LogP contribution >= 0.6 is 11.8 Å². The maximum Gasteiger partial charge on any atom is 0.260 e. The van der Waals surface area contributed by atoms with Gasteiger partial charge in [0.05, 0.1) is 10.3 Å². The molecule has 0 radical (unpaired) electrons. The van der Waals surface area contributed by atoms with Crippen molar-refractivity contribution in [3.8, 4) is 0 Å². The van der Waals surface area contributed by atoms with Gasteiger partial charge in [0.2, 0.25) is 0 Å². The second-order valence-corrected chi connectivity index (χ2v) is 8.24. The van der Waals surface area contributed by atoms with Gasteiger partial charge in [-0.2, -0.15) is 0 Å². The van der Waals surface area contributed by atoms with Crippen LogP contribution in [-0.2, 0) is 4.79 Å². The number of rotatable bonds is 3. The van der Waals surface area contributed by atoms with Gasteiger partial charge in [0, 0.05) is 0 Å². The Morgan fingerprint density at radius 3 is 2.78 bits per heavy atom. The Kier molecular flexibility index (Phi) is 3.08. The van der Waals surface area contributed by atoms with Crippen molar-refractivity contribution in [1.82, 2.24) is 0 Å². The normalized spacial score (nSPS) is 43.0. The smallest absolute Gasteiger partial charge is 0.260 e. The second-order valence-electron chi connectivity index (χ2n) is 7.03. The Balaban J connectivity index is 1.65. The first kappa shape index (κ1) is 12.7. The SMILES string of the molecule is CC(C)C1SC(C[C@@H]2C[C@H]3CC[C@]2(C)C3)=NC1=O. The Hall–Kier alpha value is -0.310. The first-order valence-electron chi connectivity index (χ1n) is 7.26. The molecule has 0 aromatic rings. The molecule has 3 heteroatoms. The van der Waals surface area contributed by atoms with Crippen LogP contribution in [0.5, 0.6) is 0 Å². The highest BCUT2D eigenvalue weighted by molar-refractivity contribution is 8.15. The third kappa shape index (κ3) is 2.04. The topological polar surface area (TPSA) is 29.4 Å². The third-order valence-electron chi connectivity index (χ3n) is 5.25. The van der Waals surface area contributed by atoms with Crippen molar-refractivity contribution in [2.75, 3.05) is 0 Å². The number of carbonyl (C=O) groups excluding carboxylic acids is 1. The summed E-state index contributed by atoms with van der Waals surface area (Å²) in [5.41, 5.74) is 0.548. The van der Waals surface area contributed by atoms with Crippen LogP contribution in [0.1, 0.15) is 52.9 Å². The predicted octanol–water partition coefficient (Wildman–Crippen LogP) is 3.90. The number of amides is 1. The molecule has 3 aliphatic rings. The molecule has 0 N–H and O–H groups in total. The lowest BCUT2D eigenvalue weighted by Gasteiger charge is -2.31. The van der Waals surface area contributed by atoms with Crippen LogP contribution < -0.4 is 0 Å². The number of nitrogens with zero attached hydrogens (tertiary/aromatic N) is 1. The zero-order valence-electron chi connectivity index (χ0n) is 11.6. The first-order chi connectivity index (χ1) is 8.48. The van der Waals surface area contributed by atoms with E-state index in [-0.39, 0.29) is 11.2 Å². The van der Waals surface area contributed by atoms with E-state index in [1.54, 1.807) is 11.8 Å². The van der Waals surface area contributed by atoms with E-state index >= 15 is 0 Å². The molecule has 2 aliphatic carbocycles. The summed E-state index contributed by atoms with van der Waals surface area (Å²) in [6.07, 6.45) is 6.67. The molecule has 0 spiro atoms. The molecule has 1 heterocycles. The van der Waals surface area contributed by atoms with Gasteiger partial charge in [0.15, 0.2) is 0 Å². The zero-order valence-corrected chi connectivity index (χ0v) is 12.4. The molecule has 1 aliphatic heterocycles. The van der Waals surface area contributed by atoms with Gasteiger partial charge in [-0.15, -0.1) is 0 Å². The number of aliphatic imine (C=N–C) groups is 1. The van der Waals surface area contributed by atoms with Gasteiger partial charge in [-0.1, -0.05) is 32.5 Å². The van der Waals surface area contributed by atoms with Crippen LogP contribution in [0.2, 0.25) is 0 Å². The summed E-state index contributed by atoms with van der Waals surface area (Å²) in [6, 6.07) is 0. The van der Waals surface area contributed by atoms with Crippen molar-refractivity contribution in [3.63, 3.8) is 0 Å². The molecule has 18 heavy (non-hydrogen) atoms. The molecule has 2 nitrogen and oxygen atoms in total. The van der Waals surface area contributed by atoms with Crippen molar-refractivity contribution in [2.45, 2.75) is 58.1 Å². The van der Waals surface area contributed by atoms with Crippen LogP contribution in [0.4, 0.5) is 0 Å². The monoisotopic (exact) mass is 265 g/mol. The van der Waals surface area contributed by atoms with Crippen molar-refractivity contribution in [2.24, 2.45) is 28.2 Å². The van der Waals surface area contributed by atoms with Gasteiger partial charge in [-0.25, -0.2) is 4.99 Å². The van der Waals surface area contributed by atoms with Crippen molar-refractivity contribution in [1.29, 1.82) is 0 Å². The van der Waals surface area contributed by atoms with Crippen molar-refractivity contribution in [3.05, 3.63) is 0 Å². The Morgan fingerprint density at radius 1 is 1.50 bits per heavy atom. The molecule has 3 rings (SSSR count). The van der Waals surface area contributed by atoms with Crippen LogP contribution in [0.25, 0.3) is 0 Å². The quantitative estimate of drug-likeness (QED) is 0.774. The molecular weight excluding hydrogens is 242 g/mol. The minimum atomic E-state index is 0.0893. The fraction of sp³-hybridized carbons (Fsp3) is 0.867. The first-order valence-corrected chi connectivity index (χ1v) is 8.14. The minimum Gasteiger partial charge on any atom is -0.271 e. The molecule has 2 fully saturated rings. The van der Waals surface area contributed by atoms with Crippen LogP contribution in [0.3, 0.4) is 0 Å². The van der Waals surface area contributed by atoms with E-state index in [1.165, 1.54) is 25.7 Å². The van der Waals surface area contributed by atoms with Crippen molar-refractivity contribution >= 4 is 22.7 Å². The molecule has 100 valence electrons. The highest BCUT2D eigenvalue weighted by Crippen LogP contribution is 2.59. The molecule has 0 aromatic carbocycles. The predicted molar refractivity (Wildman–Crippen MR) is 76.8 cm³/mol. The van der Waals surface area contributed by atoms with Gasteiger partial charge in [0.25, 0.3) is 5.91 Å². The zero-order chi connectivity index (χ0) is 12.9. The third-order valence-corrected chi connectivity index (χ3v) is 6.78. The van der Waals surface area contributed by atoms with E-state index in [4.69, 9.17) is 0 Å². The average Bonchev–Trinajstić information content (AvgIpc) is 2.90. The van der Waals surface area contributed by atoms with E-state index in [2.05, 4.69) is 25.8 Å².